The molecule has 6 heteroatoms. The molecule has 1 aliphatic rings. The van der Waals surface area contributed by atoms with Crippen LogP contribution in [0.5, 0.6) is 0 Å². The number of aromatic carboxylic acids is 1. The number of hydrogen-bond acceptors (Lipinski definition) is 3. The summed E-state index contributed by atoms with van der Waals surface area (Å²) in [5.41, 5.74) is 2.54. The number of aryl methyl sites for hydroxylation is 1. The van der Waals surface area contributed by atoms with Gasteiger partial charge in [0.15, 0.2) is 0 Å². The predicted molar refractivity (Wildman–Crippen MR) is 84.3 cm³/mol. The summed E-state index contributed by atoms with van der Waals surface area (Å²) < 4.78 is 14.0. The molecule has 0 saturated carbocycles. The summed E-state index contributed by atoms with van der Waals surface area (Å²) in [6.07, 6.45) is 5.70. The maximum Gasteiger partial charge on any atom is 0.335 e. The number of piperidine rings is 1. The van der Waals surface area contributed by atoms with E-state index >= 15 is 0 Å². The summed E-state index contributed by atoms with van der Waals surface area (Å²) in [5.74, 6) is -0.528. The maximum absolute atomic E-state index is 12.4. The van der Waals surface area contributed by atoms with Gasteiger partial charge in [0.2, 0.25) is 0 Å². The minimum Gasteiger partial charge on any atom is -0.478 e. The number of carboxylic acid groups (broad SMARTS) is 1. The van der Waals surface area contributed by atoms with E-state index in [0.717, 1.165) is 30.5 Å². The van der Waals surface area contributed by atoms with Crippen LogP contribution < -0.4 is 5.32 Å². The average Bonchev–Trinajstić information content (AvgIpc) is 3.04. The summed E-state index contributed by atoms with van der Waals surface area (Å²) in [6, 6.07) is 7.22. The first kappa shape index (κ1) is 15.7. The predicted octanol–water partition coefficient (Wildman–Crippen LogP) is 2.76. The van der Waals surface area contributed by atoms with E-state index in [1.807, 2.05) is 24.5 Å². The third-order valence-corrected chi connectivity index (χ3v) is 4.40. The van der Waals surface area contributed by atoms with E-state index in [1.165, 1.54) is 0 Å². The molecule has 1 unspecified atom stereocenters. The van der Waals surface area contributed by atoms with Crippen molar-refractivity contribution >= 4 is 5.97 Å². The first-order valence-electron chi connectivity index (χ1n) is 7.82. The van der Waals surface area contributed by atoms with Crippen LogP contribution in [0.2, 0.25) is 0 Å². The molecule has 3 rings (SSSR count). The van der Waals surface area contributed by atoms with Crippen molar-refractivity contribution in [3.8, 4) is 0 Å². The van der Waals surface area contributed by atoms with Crippen molar-refractivity contribution in [2.24, 2.45) is 0 Å². The Morgan fingerprint density at radius 1 is 1.35 bits per heavy atom. The zero-order valence-electron chi connectivity index (χ0n) is 12.8. The van der Waals surface area contributed by atoms with Crippen LogP contribution in [0.1, 0.15) is 46.3 Å². The highest BCUT2D eigenvalue weighted by Gasteiger charge is 2.25. The van der Waals surface area contributed by atoms with Crippen molar-refractivity contribution < 1.29 is 14.3 Å². The molecule has 122 valence electrons. The number of alkyl halides is 1. The van der Waals surface area contributed by atoms with Gasteiger partial charge in [-0.3, -0.25) is 4.68 Å². The van der Waals surface area contributed by atoms with E-state index in [1.54, 1.807) is 16.8 Å². The van der Waals surface area contributed by atoms with Crippen LogP contribution in [0.25, 0.3) is 0 Å². The SMILES string of the molecule is O=C(O)c1ccc([C@@H]2CC(c3cnn(CCF)c3)CCN2)cc1. The van der Waals surface area contributed by atoms with E-state index in [2.05, 4.69) is 10.4 Å². The molecule has 2 heterocycles. The topological polar surface area (TPSA) is 67.1 Å². The van der Waals surface area contributed by atoms with Crippen LogP contribution in [-0.4, -0.2) is 34.1 Å². The molecule has 23 heavy (non-hydrogen) atoms. The van der Waals surface area contributed by atoms with Crippen molar-refractivity contribution in [2.45, 2.75) is 31.3 Å². The zero-order chi connectivity index (χ0) is 16.2. The molecular formula is C17H20FN3O2. The molecule has 2 aromatic rings. The quantitative estimate of drug-likeness (QED) is 0.890. The number of carbonyl (C=O) groups is 1. The van der Waals surface area contributed by atoms with Crippen LogP contribution >= 0.6 is 0 Å². The molecule has 0 aliphatic carbocycles. The van der Waals surface area contributed by atoms with E-state index in [9.17, 15) is 9.18 Å². The van der Waals surface area contributed by atoms with Gasteiger partial charge in [0.1, 0.15) is 6.67 Å². The molecule has 1 saturated heterocycles. The van der Waals surface area contributed by atoms with E-state index < -0.39 is 12.6 Å². The minimum absolute atomic E-state index is 0.195. The fourth-order valence-electron chi connectivity index (χ4n) is 3.13. The number of rotatable bonds is 5. The van der Waals surface area contributed by atoms with Crippen molar-refractivity contribution in [1.29, 1.82) is 0 Å². The smallest absolute Gasteiger partial charge is 0.335 e. The fraction of sp³-hybridized carbons (Fsp3) is 0.412. The average molecular weight is 317 g/mol. The first-order valence-corrected chi connectivity index (χ1v) is 7.82. The van der Waals surface area contributed by atoms with Gasteiger partial charge in [-0.05, 0) is 48.6 Å². The number of nitrogens with zero attached hydrogens (tertiary/aromatic N) is 2. The summed E-state index contributed by atoms with van der Waals surface area (Å²) >= 11 is 0. The molecule has 0 bridgehead atoms. The molecule has 0 radical (unpaired) electrons. The number of aromatic nitrogens is 2. The highest BCUT2D eigenvalue weighted by molar-refractivity contribution is 5.87. The van der Waals surface area contributed by atoms with Crippen LogP contribution in [0.15, 0.2) is 36.7 Å². The molecule has 5 nitrogen and oxygen atoms in total. The van der Waals surface area contributed by atoms with Crippen LogP contribution in [0.3, 0.4) is 0 Å². The number of halogens is 1. The minimum atomic E-state index is -0.911. The summed E-state index contributed by atoms with van der Waals surface area (Å²) in [7, 11) is 0. The lowest BCUT2D eigenvalue weighted by atomic mass is 9.85. The zero-order valence-corrected chi connectivity index (χ0v) is 12.8. The van der Waals surface area contributed by atoms with Crippen LogP contribution in [0.4, 0.5) is 4.39 Å². The second-order valence-electron chi connectivity index (χ2n) is 5.88. The monoisotopic (exact) mass is 317 g/mol. The Balaban J connectivity index is 1.70. The second-order valence-corrected chi connectivity index (χ2v) is 5.88. The van der Waals surface area contributed by atoms with Gasteiger partial charge in [0.05, 0.1) is 18.3 Å². The van der Waals surface area contributed by atoms with Gasteiger partial charge in [-0.1, -0.05) is 12.1 Å². The standard InChI is InChI=1S/C17H20FN3O2/c18-6-8-21-11-15(10-20-21)14-5-7-19-16(9-14)12-1-3-13(4-2-12)17(22)23/h1-4,10-11,14,16,19H,5-9H2,(H,22,23)/t14?,16-/m0/s1. The molecule has 0 spiro atoms. The van der Waals surface area contributed by atoms with Gasteiger partial charge in [0.25, 0.3) is 0 Å². The summed E-state index contributed by atoms with van der Waals surface area (Å²) in [5, 5.41) is 16.7. The third kappa shape index (κ3) is 3.59. The number of benzene rings is 1. The van der Waals surface area contributed by atoms with Crippen molar-refractivity contribution in [3.05, 3.63) is 53.3 Å². The maximum atomic E-state index is 12.4. The number of hydrogen-bond donors (Lipinski definition) is 2. The molecule has 1 aliphatic heterocycles. The van der Waals surface area contributed by atoms with E-state index in [4.69, 9.17) is 5.11 Å². The van der Waals surface area contributed by atoms with Gasteiger partial charge in [-0.15, -0.1) is 0 Å². The highest BCUT2D eigenvalue weighted by atomic mass is 19.1. The Morgan fingerprint density at radius 2 is 2.13 bits per heavy atom. The Labute approximate surface area is 134 Å². The Morgan fingerprint density at radius 3 is 2.83 bits per heavy atom. The van der Waals surface area contributed by atoms with Gasteiger partial charge in [-0.2, -0.15) is 5.10 Å². The third-order valence-electron chi connectivity index (χ3n) is 4.40. The largest absolute Gasteiger partial charge is 0.478 e. The van der Waals surface area contributed by atoms with Gasteiger partial charge < -0.3 is 10.4 Å². The molecule has 1 aromatic carbocycles. The lowest BCUT2D eigenvalue weighted by Crippen LogP contribution is -2.30. The number of nitrogens with one attached hydrogen (secondary N) is 1. The van der Waals surface area contributed by atoms with E-state index in [-0.39, 0.29) is 6.04 Å². The van der Waals surface area contributed by atoms with E-state index in [0.29, 0.717) is 18.0 Å². The Hall–Kier alpha value is -2.21. The summed E-state index contributed by atoms with van der Waals surface area (Å²) in [4.78, 5) is 10.9. The van der Waals surface area contributed by atoms with Gasteiger partial charge in [-0.25, -0.2) is 9.18 Å². The molecule has 2 N–H and O–H groups in total. The van der Waals surface area contributed by atoms with Crippen molar-refractivity contribution in [1.82, 2.24) is 15.1 Å². The lowest BCUT2D eigenvalue weighted by Gasteiger charge is -2.30. The van der Waals surface area contributed by atoms with Crippen molar-refractivity contribution in [2.75, 3.05) is 13.2 Å². The highest BCUT2D eigenvalue weighted by Crippen LogP contribution is 2.34. The van der Waals surface area contributed by atoms with Crippen LogP contribution in [-0.2, 0) is 6.54 Å². The lowest BCUT2D eigenvalue weighted by molar-refractivity contribution is 0.0697. The normalized spacial score (nSPS) is 21.3. The molecule has 0 amide bonds. The number of carboxylic acids is 1. The fourth-order valence-corrected chi connectivity index (χ4v) is 3.13. The van der Waals surface area contributed by atoms with Gasteiger partial charge >= 0.3 is 5.97 Å². The summed E-state index contributed by atoms with van der Waals surface area (Å²) in [6.45, 7) is 0.779. The van der Waals surface area contributed by atoms with Crippen molar-refractivity contribution in [3.63, 3.8) is 0 Å². The Bertz CT molecular complexity index is 669. The molecule has 2 atom stereocenters. The van der Waals surface area contributed by atoms with Gasteiger partial charge in [0, 0.05) is 12.2 Å². The Kier molecular flexibility index (Phi) is 4.71. The second kappa shape index (κ2) is 6.91. The first-order chi connectivity index (χ1) is 11.2. The molecule has 1 fully saturated rings. The van der Waals surface area contributed by atoms with Crippen LogP contribution in [0, 0.1) is 0 Å². The molecule has 1 aromatic heterocycles. The molecular weight excluding hydrogens is 297 g/mol.